The third kappa shape index (κ3) is 3.70. The van der Waals surface area contributed by atoms with Gasteiger partial charge in [0.2, 0.25) is 0 Å². The summed E-state index contributed by atoms with van der Waals surface area (Å²) in [6.07, 6.45) is 8.94. The summed E-state index contributed by atoms with van der Waals surface area (Å²) in [6, 6.07) is 12.0. The summed E-state index contributed by atoms with van der Waals surface area (Å²) in [6.45, 7) is 1.43. The van der Waals surface area contributed by atoms with Crippen molar-refractivity contribution in [2.24, 2.45) is 7.05 Å². The SMILES string of the molecule is COc1ccc2c(c1)cc(C(=O)N1CCC[C@H](c3ccc(-c4cncnc4)cn3)C1)n2C. The zero-order valence-corrected chi connectivity index (χ0v) is 18.2. The molecule has 5 rings (SSSR count). The lowest BCUT2D eigenvalue weighted by Crippen LogP contribution is -2.40. The highest BCUT2D eigenvalue weighted by molar-refractivity contribution is 5.99. The molecule has 0 bridgehead atoms. The number of aromatic nitrogens is 4. The normalized spacial score (nSPS) is 16.3. The Hall–Kier alpha value is -3.74. The van der Waals surface area contributed by atoms with Crippen LogP contribution in [0.15, 0.2) is 61.3 Å². The molecule has 1 aromatic carbocycles. The number of pyridine rings is 1. The number of methoxy groups -OCH3 is 1. The van der Waals surface area contributed by atoms with Gasteiger partial charge in [-0.1, -0.05) is 6.07 Å². The van der Waals surface area contributed by atoms with Gasteiger partial charge in [0.1, 0.15) is 17.8 Å². The lowest BCUT2D eigenvalue weighted by molar-refractivity contribution is 0.0696. The Morgan fingerprint density at radius 3 is 2.66 bits per heavy atom. The first-order valence-electron chi connectivity index (χ1n) is 10.8. The number of hydrogen-bond donors (Lipinski definition) is 0. The molecule has 7 heteroatoms. The van der Waals surface area contributed by atoms with Gasteiger partial charge in [0.25, 0.3) is 5.91 Å². The van der Waals surface area contributed by atoms with E-state index in [-0.39, 0.29) is 11.8 Å². The van der Waals surface area contributed by atoms with E-state index in [1.165, 1.54) is 6.33 Å². The number of likely N-dealkylation sites (tertiary alicyclic amines) is 1. The zero-order chi connectivity index (χ0) is 22.1. The third-order valence-corrected chi connectivity index (χ3v) is 6.28. The van der Waals surface area contributed by atoms with E-state index in [0.29, 0.717) is 12.2 Å². The second-order valence-corrected chi connectivity index (χ2v) is 8.20. The van der Waals surface area contributed by atoms with Crippen molar-refractivity contribution in [1.82, 2.24) is 24.4 Å². The summed E-state index contributed by atoms with van der Waals surface area (Å²) in [5.41, 5.74) is 4.67. The minimum absolute atomic E-state index is 0.0606. The van der Waals surface area contributed by atoms with E-state index >= 15 is 0 Å². The highest BCUT2D eigenvalue weighted by Gasteiger charge is 2.28. The fraction of sp³-hybridized carbons (Fsp3) is 0.280. The average molecular weight is 428 g/mol. The van der Waals surface area contributed by atoms with Gasteiger partial charge < -0.3 is 14.2 Å². The Balaban J connectivity index is 1.35. The van der Waals surface area contributed by atoms with E-state index in [2.05, 4.69) is 22.1 Å². The molecule has 0 saturated carbocycles. The molecule has 1 amide bonds. The highest BCUT2D eigenvalue weighted by atomic mass is 16.5. The van der Waals surface area contributed by atoms with Gasteiger partial charge >= 0.3 is 0 Å². The van der Waals surface area contributed by atoms with Crippen molar-refractivity contribution in [1.29, 1.82) is 0 Å². The minimum atomic E-state index is 0.0606. The Morgan fingerprint density at radius 1 is 1.06 bits per heavy atom. The third-order valence-electron chi connectivity index (χ3n) is 6.28. The Labute approximate surface area is 186 Å². The van der Waals surface area contributed by atoms with Gasteiger partial charge in [0, 0.05) is 72.4 Å². The average Bonchev–Trinajstić information content (AvgIpc) is 3.19. The highest BCUT2D eigenvalue weighted by Crippen LogP contribution is 2.29. The molecular weight excluding hydrogens is 402 g/mol. The standard InChI is InChI=1S/C25H25N5O2/c1-29-23-8-6-21(32-2)10-19(23)11-24(29)25(31)30-9-3-4-18(15-30)22-7-5-17(14-28-22)20-12-26-16-27-13-20/h5-8,10-14,16,18H,3-4,9,15H2,1-2H3/t18-/m0/s1. The van der Waals surface area contributed by atoms with Crippen molar-refractivity contribution in [3.8, 4) is 16.9 Å². The first kappa shape index (κ1) is 20.2. The molecule has 0 unspecified atom stereocenters. The predicted molar refractivity (Wildman–Crippen MR) is 123 cm³/mol. The van der Waals surface area contributed by atoms with Crippen LogP contribution in [-0.4, -0.2) is 50.5 Å². The van der Waals surface area contributed by atoms with Crippen molar-refractivity contribution < 1.29 is 9.53 Å². The number of carbonyl (C=O) groups excluding carboxylic acids is 1. The first-order chi connectivity index (χ1) is 15.6. The van der Waals surface area contributed by atoms with E-state index < -0.39 is 0 Å². The van der Waals surface area contributed by atoms with Crippen LogP contribution in [0.25, 0.3) is 22.0 Å². The molecule has 1 aliphatic rings. The number of rotatable bonds is 4. The number of aryl methyl sites for hydroxylation is 1. The predicted octanol–water partition coefficient (Wildman–Crippen LogP) is 4.06. The number of carbonyl (C=O) groups is 1. The molecule has 4 heterocycles. The van der Waals surface area contributed by atoms with Crippen molar-refractivity contribution in [3.05, 3.63) is 72.7 Å². The zero-order valence-electron chi connectivity index (χ0n) is 18.2. The van der Waals surface area contributed by atoms with Crippen LogP contribution in [0.3, 0.4) is 0 Å². The maximum Gasteiger partial charge on any atom is 0.270 e. The summed E-state index contributed by atoms with van der Waals surface area (Å²) < 4.78 is 7.30. The number of piperidine rings is 1. The fourth-order valence-corrected chi connectivity index (χ4v) is 4.49. The Bertz CT molecular complexity index is 1250. The van der Waals surface area contributed by atoms with Gasteiger partial charge in [0.05, 0.1) is 7.11 Å². The van der Waals surface area contributed by atoms with Gasteiger partial charge in [-0.15, -0.1) is 0 Å². The van der Waals surface area contributed by atoms with E-state index in [9.17, 15) is 4.79 Å². The van der Waals surface area contributed by atoms with Gasteiger partial charge in [-0.3, -0.25) is 9.78 Å². The molecule has 7 nitrogen and oxygen atoms in total. The molecule has 1 fully saturated rings. The second-order valence-electron chi connectivity index (χ2n) is 8.20. The molecule has 3 aromatic heterocycles. The number of amides is 1. The maximum absolute atomic E-state index is 13.4. The summed E-state index contributed by atoms with van der Waals surface area (Å²) in [7, 11) is 3.59. The molecule has 0 spiro atoms. The molecule has 1 atom stereocenters. The van der Waals surface area contributed by atoms with Crippen LogP contribution in [0, 0.1) is 0 Å². The summed E-state index contributed by atoms with van der Waals surface area (Å²) in [4.78, 5) is 28.2. The first-order valence-corrected chi connectivity index (χ1v) is 10.8. The van der Waals surface area contributed by atoms with Crippen molar-refractivity contribution in [2.45, 2.75) is 18.8 Å². The molecular formula is C25H25N5O2. The van der Waals surface area contributed by atoms with E-state index in [4.69, 9.17) is 9.72 Å². The number of ether oxygens (including phenoxy) is 1. The van der Waals surface area contributed by atoms with Gasteiger partial charge in [0.15, 0.2) is 0 Å². The van der Waals surface area contributed by atoms with Crippen LogP contribution in [-0.2, 0) is 7.05 Å². The molecule has 1 aliphatic heterocycles. The van der Waals surface area contributed by atoms with E-state index in [0.717, 1.165) is 52.9 Å². The Morgan fingerprint density at radius 2 is 1.91 bits per heavy atom. The van der Waals surface area contributed by atoms with E-state index in [1.807, 2.05) is 47.0 Å². The summed E-state index contributed by atoms with van der Waals surface area (Å²) in [5, 5.41) is 1.01. The topological polar surface area (TPSA) is 73.1 Å². The van der Waals surface area contributed by atoms with Crippen LogP contribution in [0.2, 0.25) is 0 Å². The van der Waals surface area contributed by atoms with Gasteiger partial charge in [-0.05, 0) is 43.2 Å². The molecule has 1 saturated heterocycles. The van der Waals surface area contributed by atoms with Crippen molar-refractivity contribution in [2.75, 3.05) is 20.2 Å². The number of nitrogens with zero attached hydrogens (tertiary/aromatic N) is 5. The molecule has 32 heavy (non-hydrogen) atoms. The minimum Gasteiger partial charge on any atom is -0.497 e. The lowest BCUT2D eigenvalue weighted by Gasteiger charge is -2.32. The van der Waals surface area contributed by atoms with Crippen LogP contribution in [0.5, 0.6) is 5.75 Å². The van der Waals surface area contributed by atoms with Crippen molar-refractivity contribution in [3.63, 3.8) is 0 Å². The lowest BCUT2D eigenvalue weighted by atomic mass is 9.93. The largest absolute Gasteiger partial charge is 0.497 e. The second kappa shape index (κ2) is 8.42. The molecule has 162 valence electrons. The fourth-order valence-electron chi connectivity index (χ4n) is 4.49. The number of benzene rings is 1. The Kier molecular flexibility index (Phi) is 5.31. The van der Waals surface area contributed by atoms with Crippen LogP contribution < -0.4 is 4.74 Å². The molecule has 0 aliphatic carbocycles. The smallest absolute Gasteiger partial charge is 0.270 e. The van der Waals surface area contributed by atoms with Crippen LogP contribution >= 0.6 is 0 Å². The molecule has 4 aromatic rings. The van der Waals surface area contributed by atoms with Crippen molar-refractivity contribution >= 4 is 16.8 Å². The maximum atomic E-state index is 13.4. The summed E-state index contributed by atoms with van der Waals surface area (Å²) in [5.74, 6) is 1.07. The van der Waals surface area contributed by atoms with Gasteiger partial charge in [-0.25, -0.2) is 9.97 Å². The van der Waals surface area contributed by atoms with Crippen LogP contribution in [0.4, 0.5) is 0 Å². The molecule has 0 N–H and O–H groups in total. The number of hydrogen-bond acceptors (Lipinski definition) is 5. The number of fused-ring (bicyclic) bond motifs is 1. The quantitative estimate of drug-likeness (QED) is 0.491. The monoisotopic (exact) mass is 427 g/mol. The summed E-state index contributed by atoms with van der Waals surface area (Å²) >= 11 is 0. The van der Waals surface area contributed by atoms with Crippen LogP contribution in [0.1, 0.15) is 34.9 Å². The molecule has 0 radical (unpaired) electrons. The van der Waals surface area contributed by atoms with Gasteiger partial charge in [-0.2, -0.15) is 0 Å². The van der Waals surface area contributed by atoms with E-state index in [1.54, 1.807) is 19.5 Å².